The number of para-hydroxylation sites is 1. The summed E-state index contributed by atoms with van der Waals surface area (Å²) in [4.78, 5) is 19.1. The molecule has 2 aromatic carbocycles. The third-order valence-corrected chi connectivity index (χ3v) is 4.61. The van der Waals surface area contributed by atoms with Crippen LogP contribution in [0.15, 0.2) is 60.7 Å². The minimum Gasteiger partial charge on any atom is -0.497 e. The second kappa shape index (κ2) is 11.0. The molecule has 0 spiro atoms. The average molecular weight is 424 g/mol. The smallest absolute Gasteiger partial charge is 0.328 e. The molecular weight excluding hydrogens is 396 g/mol. The minimum atomic E-state index is -1.26. The third kappa shape index (κ3) is 6.45. The molecule has 7 nitrogen and oxygen atoms in total. The normalized spacial score (nSPS) is 10.9. The number of rotatable bonds is 7. The van der Waals surface area contributed by atoms with Crippen molar-refractivity contribution in [2.75, 3.05) is 7.11 Å². The van der Waals surface area contributed by atoms with Crippen molar-refractivity contribution in [2.45, 2.75) is 33.4 Å². The summed E-state index contributed by atoms with van der Waals surface area (Å²) in [6.45, 7) is 7.39. The number of carboxylic acids is 2. The van der Waals surface area contributed by atoms with Crippen LogP contribution in [0.1, 0.15) is 25.1 Å². The maximum atomic E-state index is 9.55. The lowest BCUT2D eigenvalue weighted by atomic mass is 10.1. The maximum Gasteiger partial charge on any atom is 0.328 e. The number of methoxy groups -OCH3 is 1. The number of ether oxygens (including phenoxy) is 1. The molecule has 0 fully saturated rings. The summed E-state index contributed by atoms with van der Waals surface area (Å²) >= 11 is 0. The van der Waals surface area contributed by atoms with E-state index in [9.17, 15) is 9.59 Å². The Kier molecular flexibility index (Phi) is 8.40. The highest BCUT2D eigenvalue weighted by molar-refractivity contribution is 5.90. The van der Waals surface area contributed by atoms with Gasteiger partial charge in [0.15, 0.2) is 0 Å². The van der Waals surface area contributed by atoms with Gasteiger partial charge < -0.3 is 24.8 Å². The lowest BCUT2D eigenvalue weighted by Gasteiger charge is -2.10. The van der Waals surface area contributed by atoms with E-state index in [0.717, 1.165) is 12.3 Å². The molecule has 164 valence electrons. The van der Waals surface area contributed by atoms with Gasteiger partial charge in [0.2, 0.25) is 0 Å². The molecule has 3 aromatic rings. The van der Waals surface area contributed by atoms with E-state index in [1.165, 1.54) is 27.8 Å². The molecule has 0 radical (unpaired) electrons. The number of aromatic nitrogens is 1. The van der Waals surface area contributed by atoms with Crippen molar-refractivity contribution in [3.63, 3.8) is 0 Å². The van der Waals surface area contributed by atoms with Gasteiger partial charge in [-0.2, -0.15) is 0 Å². The summed E-state index contributed by atoms with van der Waals surface area (Å²) in [7, 11) is 1.72. The summed E-state index contributed by atoms with van der Waals surface area (Å²) in [6.07, 6.45) is 1.12. The molecular formula is C24H28N2O5. The van der Waals surface area contributed by atoms with E-state index in [-0.39, 0.29) is 0 Å². The lowest BCUT2D eigenvalue weighted by Crippen LogP contribution is -2.22. The zero-order valence-electron chi connectivity index (χ0n) is 18.1. The first-order valence-corrected chi connectivity index (χ1v) is 9.85. The molecule has 1 aromatic heterocycles. The van der Waals surface area contributed by atoms with Crippen molar-refractivity contribution >= 4 is 22.8 Å². The largest absolute Gasteiger partial charge is 0.497 e. The van der Waals surface area contributed by atoms with Crippen molar-refractivity contribution in [1.29, 1.82) is 0 Å². The molecule has 0 aliphatic carbocycles. The van der Waals surface area contributed by atoms with Gasteiger partial charge in [-0.25, -0.2) is 9.59 Å². The van der Waals surface area contributed by atoms with Crippen molar-refractivity contribution in [2.24, 2.45) is 0 Å². The first kappa shape index (κ1) is 23.7. The van der Waals surface area contributed by atoms with Crippen LogP contribution in [0.4, 0.5) is 0 Å². The van der Waals surface area contributed by atoms with Crippen LogP contribution >= 0.6 is 0 Å². The molecule has 0 bridgehead atoms. The number of carbonyl (C=O) groups is 2. The van der Waals surface area contributed by atoms with Gasteiger partial charge in [0.05, 0.1) is 12.6 Å². The number of nitrogens with zero attached hydrogens (tertiary/aromatic N) is 1. The molecule has 31 heavy (non-hydrogen) atoms. The van der Waals surface area contributed by atoms with Crippen LogP contribution in [0, 0.1) is 6.92 Å². The van der Waals surface area contributed by atoms with Crippen molar-refractivity contribution in [3.05, 3.63) is 71.9 Å². The number of benzene rings is 2. The van der Waals surface area contributed by atoms with Crippen LogP contribution in [-0.2, 0) is 16.1 Å². The Morgan fingerprint density at radius 1 is 1.06 bits per heavy atom. The van der Waals surface area contributed by atoms with Gasteiger partial charge >= 0.3 is 11.9 Å². The monoisotopic (exact) mass is 424 g/mol. The highest BCUT2D eigenvalue weighted by atomic mass is 16.5. The second-order valence-corrected chi connectivity index (χ2v) is 7.16. The average Bonchev–Trinajstić information content (AvgIpc) is 3.02. The highest BCUT2D eigenvalue weighted by Crippen LogP contribution is 2.32. The molecule has 3 rings (SSSR count). The number of aliphatic carboxylic acids is 2. The van der Waals surface area contributed by atoms with Crippen LogP contribution in [0.5, 0.6) is 5.75 Å². The Morgan fingerprint density at radius 2 is 1.68 bits per heavy atom. The fourth-order valence-electron chi connectivity index (χ4n) is 3.17. The number of carboxylic acid groups (broad SMARTS) is 2. The van der Waals surface area contributed by atoms with E-state index < -0.39 is 11.9 Å². The van der Waals surface area contributed by atoms with Crippen LogP contribution in [-0.4, -0.2) is 39.9 Å². The van der Waals surface area contributed by atoms with E-state index in [0.29, 0.717) is 18.2 Å². The summed E-state index contributed by atoms with van der Waals surface area (Å²) in [5, 5.41) is 20.4. The zero-order valence-corrected chi connectivity index (χ0v) is 18.1. The minimum absolute atomic E-state index is 0.454. The van der Waals surface area contributed by atoms with E-state index in [1.807, 2.05) is 6.07 Å². The van der Waals surface area contributed by atoms with Crippen LogP contribution in [0.2, 0.25) is 0 Å². The molecule has 0 unspecified atom stereocenters. The van der Waals surface area contributed by atoms with Crippen molar-refractivity contribution in [1.82, 2.24) is 9.88 Å². The highest BCUT2D eigenvalue weighted by Gasteiger charge is 2.16. The summed E-state index contributed by atoms with van der Waals surface area (Å²) in [5.74, 6) is -1.62. The Balaban J connectivity index is 0.000000366. The van der Waals surface area contributed by atoms with Crippen LogP contribution < -0.4 is 10.1 Å². The molecule has 7 heteroatoms. The fraction of sp³-hybridized carbons (Fsp3) is 0.250. The van der Waals surface area contributed by atoms with E-state index in [2.05, 4.69) is 73.1 Å². The van der Waals surface area contributed by atoms with Gasteiger partial charge in [-0.1, -0.05) is 32.0 Å². The molecule has 0 amide bonds. The lowest BCUT2D eigenvalue weighted by molar-refractivity contribution is -0.134. The Morgan fingerprint density at radius 3 is 2.19 bits per heavy atom. The molecule has 3 N–H and O–H groups in total. The van der Waals surface area contributed by atoms with Crippen molar-refractivity contribution < 1.29 is 24.5 Å². The number of hydrogen-bond acceptors (Lipinski definition) is 4. The molecule has 0 saturated heterocycles. The summed E-state index contributed by atoms with van der Waals surface area (Å²) in [6, 6.07) is 17.3. The van der Waals surface area contributed by atoms with E-state index in [4.69, 9.17) is 14.9 Å². The third-order valence-electron chi connectivity index (χ3n) is 4.61. The first-order valence-electron chi connectivity index (χ1n) is 9.85. The topological polar surface area (TPSA) is 101 Å². The molecule has 0 aliphatic rings. The molecule has 1 heterocycles. The summed E-state index contributed by atoms with van der Waals surface area (Å²) < 4.78 is 7.75. The number of nitrogens with one attached hydrogen (secondary N) is 1. The maximum absolute atomic E-state index is 9.55. The van der Waals surface area contributed by atoms with Crippen LogP contribution in [0.25, 0.3) is 16.6 Å². The Bertz CT molecular complexity index is 1050. The second-order valence-electron chi connectivity index (χ2n) is 7.16. The molecule has 0 aliphatic heterocycles. The molecule has 0 atom stereocenters. The first-order chi connectivity index (χ1) is 14.7. The number of hydrogen-bond donors (Lipinski definition) is 3. The zero-order chi connectivity index (χ0) is 23.0. The summed E-state index contributed by atoms with van der Waals surface area (Å²) in [5.41, 5.74) is 5.01. The Hall–Kier alpha value is -3.58. The predicted molar refractivity (Wildman–Crippen MR) is 121 cm³/mol. The SMILES string of the molecule is COc1ccc2c(c1)c(CNC(C)C)c(C)n2-c1ccccc1.O=C(O)/C=C/C(=O)O. The van der Waals surface area contributed by atoms with E-state index in [1.54, 1.807) is 7.11 Å². The van der Waals surface area contributed by atoms with Gasteiger partial charge in [0, 0.05) is 41.5 Å². The quantitative estimate of drug-likeness (QED) is 0.493. The molecule has 0 saturated carbocycles. The van der Waals surface area contributed by atoms with Crippen LogP contribution in [0.3, 0.4) is 0 Å². The van der Waals surface area contributed by atoms with Gasteiger partial charge in [0.25, 0.3) is 0 Å². The van der Waals surface area contributed by atoms with Crippen molar-refractivity contribution in [3.8, 4) is 11.4 Å². The van der Waals surface area contributed by atoms with Gasteiger partial charge in [-0.3, -0.25) is 0 Å². The van der Waals surface area contributed by atoms with Gasteiger partial charge in [-0.15, -0.1) is 0 Å². The number of fused-ring (bicyclic) bond motifs is 1. The van der Waals surface area contributed by atoms with Gasteiger partial charge in [-0.05, 0) is 42.8 Å². The Labute approximate surface area is 181 Å². The standard InChI is InChI=1S/C20H24N2O.C4H4O4/c1-14(2)21-13-19-15(3)22(16-8-6-5-7-9-16)20-11-10-17(23-4)12-18(19)20;5-3(6)1-2-4(7)8/h5-12,14,21H,13H2,1-4H3;1-2H,(H,5,6)(H,7,8)/b;2-1+. The fourth-order valence-corrected chi connectivity index (χ4v) is 3.17. The van der Waals surface area contributed by atoms with Gasteiger partial charge in [0.1, 0.15) is 5.75 Å². The van der Waals surface area contributed by atoms with E-state index >= 15 is 0 Å². The predicted octanol–water partition coefficient (Wildman–Crippen LogP) is 4.16.